The van der Waals surface area contributed by atoms with Crippen LogP contribution in [0.25, 0.3) is 22.0 Å². The van der Waals surface area contributed by atoms with Crippen molar-refractivity contribution in [3.63, 3.8) is 0 Å². The minimum atomic E-state index is -0.405. The quantitative estimate of drug-likeness (QED) is 0.332. The third-order valence-electron chi connectivity index (χ3n) is 6.11. The van der Waals surface area contributed by atoms with Gasteiger partial charge in [-0.3, -0.25) is 19.6 Å². The first kappa shape index (κ1) is 20.9. The number of carbonyl (C=O) groups is 2. The fraction of sp³-hybridized carbons (Fsp3) is 0.107. The van der Waals surface area contributed by atoms with Crippen LogP contribution in [0, 0.1) is 0 Å². The van der Waals surface area contributed by atoms with Gasteiger partial charge in [-0.1, -0.05) is 30.3 Å². The lowest BCUT2D eigenvalue weighted by atomic mass is 10.1. The van der Waals surface area contributed by atoms with Crippen LogP contribution in [0.15, 0.2) is 85.2 Å². The van der Waals surface area contributed by atoms with Gasteiger partial charge in [0.15, 0.2) is 0 Å². The lowest BCUT2D eigenvalue weighted by molar-refractivity contribution is 0.101. The number of anilines is 1. The fourth-order valence-electron chi connectivity index (χ4n) is 4.08. The van der Waals surface area contributed by atoms with Gasteiger partial charge in [-0.25, -0.2) is 4.98 Å². The third kappa shape index (κ3) is 4.31. The number of ketones is 1. The second kappa shape index (κ2) is 8.61. The average Bonchev–Trinajstić information content (AvgIpc) is 3.67. The number of nitrogens with one attached hydrogen (secondary N) is 2. The lowest BCUT2D eigenvalue weighted by Crippen LogP contribution is -2.16. The second-order valence-corrected chi connectivity index (χ2v) is 8.64. The van der Waals surface area contributed by atoms with E-state index < -0.39 is 5.91 Å². The maximum atomic E-state index is 13.0. The molecular weight excluding hydrogens is 438 g/mol. The van der Waals surface area contributed by atoms with Crippen molar-refractivity contribution >= 4 is 28.4 Å². The van der Waals surface area contributed by atoms with Gasteiger partial charge in [-0.05, 0) is 60.9 Å². The van der Waals surface area contributed by atoms with Crippen molar-refractivity contribution in [3.05, 3.63) is 108 Å². The van der Waals surface area contributed by atoms with E-state index in [0.29, 0.717) is 11.6 Å². The molecule has 0 aliphatic heterocycles. The number of rotatable bonds is 6. The Balaban J connectivity index is 1.20. The summed E-state index contributed by atoms with van der Waals surface area (Å²) < 4.78 is 0. The van der Waals surface area contributed by atoms with Gasteiger partial charge in [0.25, 0.3) is 5.91 Å². The van der Waals surface area contributed by atoms with Crippen molar-refractivity contribution < 1.29 is 9.59 Å². The summed E-state index contributed by atoms with van der Waals surface area (Å²) in [6, 6.07) is 22.1. The highest BCUT2D eigenvalue weighted by Crippen LogP contribution is 2.39. The molecule has 1 aromatic carbocycles. The molecule has 1 amide bonds. The molecule has 7 nitrogen and oxygen atoms in total. The largest absolute Gasteiger partial charge is 0.352 e. The number of aromatic amines is 1. The van der Waals surface area contributed by atoms with Crippen molar-refractivity contribution in [2.45, 2.75) is 18.8 Å². The zero-order chi connectivity index (χ0) is 23.8. The Morgan fingerprint density at radius 3 is 2.54 bits per heavy atom. The van der Waals surface area contributed by atoms with Crippen molar-refractivity contribution in [1.82, 2.24) is 19.9 Å². The number of aromatic nitrogens is 4. The average molecular weight is 460 g/mol. The van der Waals surface area contributed by atoms with Gasteiger partial charge >= 0.3 is 0 Å². The van der Waals surface area contributed by atoms with Crippen LogP contribution in [0.5, 0.6) is 0 Å². The van der Waals surface area contributed by atoms with Crippen LogP contribution >= 0.6 is 0 Å². The predicted molar refractivity (Wildman–Crippen MR) is 133 cm³/mol. The van der Waals surface area contributed by atoms with Crippen molar-refractivity contribution in [2.24, 2.45) is 0 Å². The highest BCUT2D eigenvalue weighted by molar-refractivity contribution is 6.09. The number of hydrogen-bond acceptors (Lipinski definition) is 5. The van der Waals surface area contributed by atoms with Crippen molar-refractivity contribution in [1.29, 1.82) is 0 Å². The number of hydrogen-bond donors (Lipinski definition) is 2. The molecule has 1 saturated carbocycles. The maximum Gasteiger partial charge on any atom is 0.275 e. The summed E-state index contributed by atoms with van der Waals surface area (Å²) in [5.74, 6) is 0.213. The molecule has 35 heavy (non-hydrogen) atoms. The summed E-state index contributed by atoms with van der Waals surface area (Å²) in [5.41, 5.74) is 4.71. The molecule has 170 valence electrons. The topological polar surface area (TPSA) is 101 Å². The van der Waals surface area contributed by atoms with E-state index in [-0.39, 0.29) is 23.0 Å². The Hall–Kier alpha value is -4.65. The van der Waals surface area contributed by atoms with Crippen LogP contribution in [-0.2, 0) is 0 Å². The predicted octanol–water partition coefficient (Wildman–Crippen LogP) is 5.38. The number of H-pyrrole nitrogens is 1. The SMILES string of the molecule is O=C(Nc1cccc(C(=O)c2cc3ccccc3[nH]2)n1)c1cc(-c2ccc(C3CC3)nc2)ccn1. The third-order valence-corrected chi connectivity index (χ3v) is 6.11. The molecule has 2 N–H and O–H groups in total. The fourth-order valence-corrected chi connectivity index (χ4v) is 4.08. The van der Waals surface area contributed by atoms with Gasteiger partial charge in [-0.15, -0.1) is 0 Å². The van der Waals surface area contributed by atoms with E-state index in [1.807, 2.05) is 48.7 Å². The lowest BCUT2D eigenvalue weighted by Gasteiger charge is -2.07. The minimum absolute atomic E-state index is 0.234. The Morgan fingerprint density at radius 2 is 1.74 bits per heavy atom. The molecule has 1 aliphatic rings. The summed E-state index contributed by atoms with van der Waals surface area (Å²) in [7, 11) is 0. The molecular formula is C28H21N5O2. The van der Waals surface area contributed by atoms with Gasteiger partial charge in [0.2, 0.25) is 5.78 Å². The van der Waals surface area contributed by atoms with Crippen LogP contribution < -0.4 is 5.32 Å². The van der Waals surface area contributed by atoms with Gasteiger partial charge in [0.05, 0.1) is 5.69 Å². The zero-order valence-electron chi connectivity index (χ0n) is 18.7. The first-order chi connectivity index (χ1) is 17.1. The molecule has 5 aromatic rings. The number of carbonyl (C=O) groups excluding carboxylic acids is 2. The Morgan fingerprint density at radius 1 is 0.857 bits per heavy atom. The smallest absolute Gasteiger partial charge is 0.275 e. The van der Waals surface area contributed by atoms with Gasteiger partial charge < -0.3 is 10.3 Å². The first-order valence-corrected chi connectivity index (χ1v) is 11.5. The molecule has 4 heterocycles. The standard InChI is InChI=1S/C28H21N5O2/c34-27(24-15-19-4-1-2-5-22(19)31-24)23-6-3-7-26(32-23)33-28(35)25-14-18(12-13-29-25)20-10-11-21(30-16-20)17-8-9-17/h1-7,10-17,31H,8-9H2,(H,32,33,35). The van der Waals surface area contributed by atoms with Crippen LogP contribution in [0.2, 0.25) is 0 Å². The highest BCUT2D eigenvalue weighted by Gasteiger charge is 2.24. The Labute approximate surface area is 201 Å². The molecule has 7 heteroatoms. The maximum absolute atomic E-state index is 13.0. The number of pyridine rings is 3. The number of benzene rings is 1. The molecule has 0 radical (unpaired) electrons. The molecule has 0 bridgehead atoms. The number of para-hydroxylation sites is 1. The van der Waals surface area contributed by atoms with Crippen LogP contribution in [0.4, 0.5) is 5.82 Å². The van der Waals surface area contributed by atoms with Gasteiger partial charge in [-0.2, -0.15) is 0 Å². The normalized spacial score (nSPS) is 13.0. The summed E-state index contributed by atoms with van der Waals surface area (Å²) in [6.07, 6.45) is 5.84. The van der Waals surface area contributed by atoms with E-state index in [4.69, 9.17) is 0 Å². The van der Waals surface area contributed by atoms with E-state index in [2.05, 4.69) is 25.3 Å². The summed E-state index contributed by atoms with van der Waals surface area (Å²) in [4.78, 5) is 42.1. The minimum Gasteiger partial charge on any atom is -0.352 e. The van der Waals surface area contributed by atoms with Gasteiger partial charge in [0, 0.05) is 40.5 Å². The number of amides is 1. The molecule has 0 saturated heterocycles. The molecule has 6 rings (SSSR count). The highest BCUT2D eigenvalue weighted by atomic mass is 16.2. The van der Waals surface area contributed by atoms with E-state index in [1.165, 1.54) is 12.8 Å². The molecule has 1 aliphatic carbocycles. The summed E-state index contributed by atoms with van der Waals surface area (Å²) in [5, 5.41) is 3.70. The van der Waals surface area contributed by atoms with Crippen molar-refractivity contribution in [2.75, 3.05) is 5.32 Å². The molecule has 0 spiro atoms. The first-order valence-electron chi connectivity index (χ1n) is 11.5. The van der Waals surface area contributed by atoms with Crippen LogP contribution in [0.1, 0.15) is 51.1 Å². The Kier molecular flexibility index (Phi) is 5.15. The number of fused-ring (bicyclic) bond motifs is 1. The number of nitrogens with zero attached hydrogens (tertiary/aromatic N) is 3. The Bertz CT molecular complexity index is 1540. The summed E-state index contributed by atoms with van der Waals surface area (Å²) in [6.45, 7) is 0. The molecule has 1 fully saturated rings. The monoisotopic (exact) mass is 459 g/mol. The van der Waals surface area contributed by atoms with Crippen molar-refractivity contribution in [3.8, 4) is 11.1 Å². The molecule has 4 aromatic heterocycles. The van der Waals surface area contributed by atoms with Crippen LogP contribution in [-0.4, -0.2) is 31.6 Å². The van der Waals surface area contributed by atoms with E-state index in [1.54, 1.807) is 36.5 Å². The molecule has 0 atom stereocenters. The van der Waals surface area contributed by atoms with E-state index in [9.17, 15) is 9.59 Å². The van der Waals surface area contributed by atoms with Gasteiger partial charge in [0.1, 0.15) is 17.2 Å². The van der Waals surface area contributed by atoms with Crippen LogP contribution in [0.3, 0.4) is 0 Å². The van der Waals surface area contributed by atoms with E-state index >= 15 is 0 Å². The zero-order valence-corrected chi connectivity index (χ0v) is 18.7. The van der Waals surface area contributed by atoms with E-state index in [0.717, 1.165) is 27.7 Å². The second-order valence-electron chi connectivity index (χ2n) is 8.64. The summed E-state index contributed by atoms with van der Waals surface area (Å²) >= 11 is 0. The molecule has 0 unspecified atom stereocenters.